The largest absolute Gasteiger partial charge is 0.506 e. The van der Waals surface area contributed by atoms with Crippen LogP contribution in [-0.4, -0.2) is 16.1 Å². The molecule has 5 nitrogen and oxygen atoms in total. The first-order valence-corrected chi connectivity index (χ1v) is 8.00. The molecule has 0 fully saturated rings. The SMILES string of the molecule is CCCC(CCC)O[I+2]([O-])[O-].c1c[nH]cn1. The minimum Gasteiger partial charge on any atom is -0.396 e. The lowest BCUT2D eigenvalue weighted by molar-refractivity contribution is -1.63. The quantitative estimate of drug-likeness (QED) is 0.578. The standard InChI is InChI=1S/C7H15IO3.C3H4N2/c1-3-5-7(6-4-2)11-8(9)10;1-2-5-3-4-1/h7H,3-6H2,1-2H3;1-3H,(H,4,5). The van der Waals surface area contributed by atoms with Crippen LogP contribution in [0, 0.1) is 0 Å². The van der Waals surface area contributed by atoms with Crippen LogP contribution in [0.3, 0.4) is 0 Å². The number of nitrogens with one attached hydrogen (secondary N) is 1. The van der Waals surface area contributed by atoms with Crippen molar-refractivity contribution in [3.05, 3.63) is 18.7 Å². The average molecular weight is 342 g/mol. The van der Waals surface area contributed by atoms with Crippen molar-refractivity contribution in [1.29, 1.82) is 0 Å². The Balaban J connectivity index is 0.000000368. The van der Waals surface area contributed by atoms with Gasteiger partial charge in [-0.25, -0.2) is 4.98 Å². The van der Waals surface area contributed by atoms with Crippen molar-refractivity contribution >= 4 is 0 Å². The predicted octanol–water partition coefficient (Wildman–Crippen LogP) is -2.53. The molecule has 1 heterocycles. The van der Waals surface area contributed by atoms with E-state index in [0.29, 0.717) is 0 Å². The van der Waals surface area contributed by atoms with Crippen molar-refractivity contribution in [3.63, 3.8) is 0 Å². The zero-order chi connectivity index (χ0) is 12.2. The van der Waals surface area contributed by atoms with Crippen molar-refractivity contribution in [2.45, 2.75) is 45.6 Å². The fraction of sp³-hybridized carbons (Fsp3) is 0.700. The van der Waals surface area contributed by atoms with Gasteiger partial charge >= 0.3 is 21.1 Å². The number of halogens is 1. The highest BCUT2D eigenvalue weighted by Crippen LogP contribution is 2.05. The number of aromatic nitrogens is 2. The Kier molecular flexibility index (Phi) is 11.2. The summed E-state index contributed by atoms with van der Waals surface area (Å²) in [5, 5.41) is 0. The molecule has 0 radical (unpaired) electrons. The first-order chi connectivity index (χ1) is 7.70. The van der Waals surface area contributed by atoms with E-state index in [1.165, 1.54) is 0 Å². The number of hydrogen-bond donors (Lipinski definition) is 1. The fourth-order valence-electron chi connectivity index (χ4n) is 1.20. The Morgan fingerprint density at radius 2 is 1.94 bits per heavy atom. The summed E-state index contributed by atoms with van der Waals surface area (Å²) in [7, 11) is 0. The number of rotatable bonds is 6. The second-order valence-corrected chi connectivity index (χ2v) is 4.83. The van der Waals surface area contributed by atoms with Gasteiger partial charge in [0.05, 0.1) is 6.33 Å². The molecule has 6 heteroatoms. The molecule has 0 aliphatic rings. The normalized spacial score (nSPS) is 10.4. The van der Waals surface area contributed by atoms with Gasteiger partial charge in [0, 0.05) is 12.4 Å². The van der Waals surface area contributed by atoms with Crippen LogP contribution in [0.4, 0.5) is 0 Å². The van der Waals surface area contributed by atoms with Crippen LogP contribution < -0.4 is 27.9 Å². The van der Waals surface area contributed by atoms with Gasteiger partial charge in [0.2, 0.25) is 0 Å². The van der Waals surface area contributed by atoms with Gasteiger partial charge in [-0.15, -0.1) is 0 Å². The fourth-order valence-corrected chi connectivity index (χ4v) is 2.29. The van der Waals surface area contributed by atoms with E-state index in [4.69, 9.17) is 3.07 Å². The number of hydrogen-bond acceptors (Lipinski definition) is 4. The van der Waals surface area contributed by atoms with Crippen LogP contribution >= 0.6 is 0 Å². The second kappa shape index (κ2) is 11.3. The van der Waals surface area contributed by atoms with Crippen molar-refractivity contribution in [3.8, 4) is 0 Å². The van der Waals surface area contributed by atoms with E-state index in [1.54, 1.807) is 18.7 Å². The maximum absolute atomic E-state index is 10.3. The third kappa shape index (κ3) is 10.3. The van der Waals surface area contributed by atoms with E-state index in [-0.39, 0.29) is 6.10 Å². The Bertz CT molecular complexity index is 197. The zero-order valence-corrected chi connectivity index (χ0v) is 11.8. The van der Waals surface area contributed by atoms with Crippen molar-refractivity contribution in [2.24, 2.45) is 0 Å². The van der Waals surface area contributed by atoms with Crippen LogP contribution in [0.15, 0.2) is 18.7 Å². The molecule has 1 N–H and O–H groups in total. The number of aromatic amines is 1. The van der Waals surface area contributed by atoms with Gasteiger partial charge in [-0.2, -0.15) is 0 Å². The molecule has 0 aliphatic carbocycles. The first kappa shape index (κ1) is 15.8. The summed E-state index contributed by atoms with van der Waals surface area (Å²) < 4.78 is 25.3. The molecule has 0 amide bonds. The van der Waals surface area contributed by atoms with E-state index in [0.717, 1.165) is 25.7 Å². The average Bonchev–Trinajstić information content (AvgIpc) is 2.75. The maximum atomic E-state index is 10.3. The minimum atomic E-state index is -3.44. The molecule has 0 saturated heterocycles. The van der Waals surface area contributed by atoms with Gasteiger partial charge < -0.3 is 11.9 Å². The molecule has 0 bridgehead atoms. The molecular formula is C10H19IN2O3. The second-order valence-electron chi connectivity index (χ2n) is 3.24. The summed E-state index contributed by atoms with van der Waals surface area (Å²) in [6.45, 7) is 4.06. The monoisotopic (exact) mass is 342 g/mol. The highest BCUT2D eigenvalue weighted by Gasteiger charge is 2.21. The lowest BCUT2D eigenvalue weighted by atomic mass is 10.1. The maximum Gasteiger partial charge on any atom is 0.506 e. The van der Waals surface area contributed by atoms with E-state index < -0.39 is 21.1 Å². The van der Waals surface area contributed by atoms with E-state index in [9.17, 15) is 6.87 Å². The van der Waals surface area contributed by atoms with Gasteiger partial charge in [-0.1, -0.05) is 26.7 Å². The van der Waals surface area contributed by atoms with Gasteiger partial charge in [0.15, 0.2) is 6.10 Å². The van der Waals surface area contributed by atoms with E-state index in [1.807, 2.05) is 13.8 Å². The molecular weight excluding hydrogens is 323 g/mol. The molecule has 0 unspecified atom stereocenters. The predicted molar refractivity (Wildman–Crippen MR) is 53.3 cm³/mol. The molecule has 0 aromatic carbocycles. The molecule has 1 aromatic heterocycles. The van der Waals surface area contributed by atoms with Crippen molar-refractivity contribution in [2.75, 3.05) is 0 Å². The zero-order valence-electron chi connectivity index (χ0n) is 9.69. The molecule has 0 aliphatic heterocycles. The van der Waals surface area contributed by atoms with Gasteiger partial charge in [0.1, 0.15) is 0 Å². The van der Waals surface area contributed by atoms with Crippen LogP contribution in [0.25, 0.3) is 0 Å². The Labute approximate surface area is 105 Å². The summed E-state index contributed by atoms with van der Waals surface area (Å²) in [6.07, 6.45) is 8.70. The third-order valence-corrected chi connectivity index (χ3v) is 2.96. The highest BCUT2D eigenvalue weighted by molar-refractivity contribution is 4.64. The Morgan fingerprint density at radius 3 is 2.19 bits per heavy atom. The van der Waals surface area contributed by atoms with Crippen LogP contribution in [0.5, 0.6) is 0 Å². The van der Waals surface area contributed by atoms with Crippen LogP contribution in [0.1, 0.15) is 39.5 Å². The number of H-pyrrole nitrogens is 1. The Hall–Kier alpha value is -0.180. The lowest BCUT2D eigenvalue weighted by Gasteiger charge is -2.06. The van der Waals surface area contributed by atoms with Crippen molar-refractivity contribution in [1.82, 2.24) is 9.97 Å². The first-order valence-electron chi connectivity index (χ1n) is 5.36. The molecule has 0 atom stereocenters. The summed E-state index contributed by atoms with van der Waals surface area (Å²) in [5.74, 6) is 0. The van der Waals surface area contributed by atoms with Gasteiger partial charge in [-0.3, -0.25) is 0 Å². The smallest absolute Gasteiger partial charge is 0.396 e. The van der Waals surface area contributed by atoms with E-state index >= 15 is 0 Å². The number of imidazole rings is 1. The topological polar surface area (TPSA) is 84.0 Å². The van der Waals surface area contributed by atoms with Crippen LogP contribution in [-0.2, 0) is 3.07 Å². The minimum absolute atomic E-state index is 0.0507. The van der Waals surface area contributed by atoms with Crippen LogP contribution in [0.2, 0.25) is 0 Å². The molecule has 1 aromatic rings. The van der Waals surface area contributed by atoms with E-state index in [2.05, 4.69) is 9.97 Å². The summed E-state index contributed by atoms with van der Waals surface area (Å²) >= 11 is -3.44. The summed E-state index contributed by atoms with van der Waals surface area (Å²) in [4.78, 5) is 6.42. The molecule has 0 spiro atoms. The molecule has 94 valence electrons. The third-order valence-electron chi connectivity index (χ3n) is 1.83. The molecule has 16 heavy (non-hydrogen) atoms. The highest BCUT2D eigenvalue weighted by atomic mass is 127. The Morgan fingerprint density at radius 1 is 1.31 bits per heavy atom. The molecule has 1 rings (SSSR count). The summed E-state index contributed by atoms with van der Waals surface area (Å²) in [6, 6.07) is 0. The van der Waals surface area contributed by atoms with Crippen molar-refractivity contribution < 1.29 is 31.0 Å². The van der Waals surface area contributed by atoms with Gasteiger partial charge in [-0.05, 0) is 15.9 Å². The molecule has 0 saturated carbocycles. The number of nitrogens with zero attached hydrogens (tertiary/aromatic N) is 1. The summed E-state index contributed by atoms with van der Waals surface area (Å²) in [5.41, 5.74) is 0. The lowest BCUT2D eigenvalue weighted by Crippen LogP contribution is -3.99. The van der Waals surface area contributed by atoms with Gasteiger partial charge in [0.25, 0.3) is 0 Å².